The van der Waals surface area contributed by atoms with Crippen LogP contribution < -0.4 is 5.32 Å². The van der Waals surface area contributed by atoms with E-state index in [4.69, 9.17) is 33.2 Å². The Labute approximate surface area is 323 Å². The van der Waals surface area contributed by atoms with E-state index in [1.54, 1.807) is 51.1 Å². The largest absolute Gasteiger partial charge is 0.456 e. The lowest BCUT2D eigenvalue weighted by Crippen LogP contribution is -2.79. The van der Waals surface area contributed by atoms with Gasteiger partial charge >= 0.3 is 24.0 Å². The fourth-order valence-corrected chi connectivity index (χ4v) is 9.77. The Balaban J connectivity index is 1.52. The molecule has 0 radical (unpaired) electrons. The summed E-state index contributed by atoms with van der Waals surface area (Å²) in [5.41, 5.74) is -5.08. The van der Waals surface area contributed by atoms with E-state index < -0.39 is 120 Å². The van der Waals surface area contributed by atoms with Crippen LogP contribution in [-0.4, -0.2) is 114 Å². The van der Waals surface area contributed by atoms with Crippen LogP contribution in [0.15, 0.2) is 54.1 Å². The Morgan fingerprint density at radius 1 is 1.07 bits per heavy atom. The molecule has 1 aromatic rings. The van der Waals surface area contributed by atoms with E-state index in [1.165, 1.54) is 26.8 Å². The first kappa shape index (κ1) is 41.7. The predicted molar refractivity (Wildman–Crippen MR) is 191 cm³/mol. The minimum atomic E-state index is -3.42. The van der Waals surface area contributed by atoms with Crippen LogP contribution in [-0.2, 0) is 42.7 Å². The van der Waals surface area contributed by atoms with Gasteiger partial charge in [0.1, 0.15) is 36.1 Å². The van der Waals surface area contributed by atoms with E-state index in [1.807, 2.05) is 12.2 Å². The number of esters is 3. The molecule has 4 fully saturated rings. The van der Waals surface area contributed by atoms with Crippen LogP contribution >= 0.6 is 0 Å². The smallest absolute Gasteiger partial charge is 0.407 e. The summed E-state index contributed by atoms with van der Waals surface area (Å²) < 4.78 is 70.9. The second-order valence-corrected chi connectivity index (χ2v) is 16.5. The van der Waals surface area contributed by atoms with Crippen molar-refractivity contribution >= 4 is 24.0 Å². The van der Waals surface area contributed by atoms with Gasteiger partial charge in [-0.05, 0) is 63.0 Å². The van der Waals surface area contributed by atoms with Gasteiger partial charge in [-0.3, -0.25) is 4.79 Å². The molecule has 2 saturated heterocycles. The quantitative estimate of drug-likeness (QED) is 0.175. The Morgan fingerprint density at radius 3 is 2.32 bits per heavy atom. The van der Waals surface area contributed by atoms with E-state index >= 15 is 0 Å². The van der Waals surface area contributed by atoms with Crippen LogP contribution in [0.2, 0.25) is 0 Å². The summed E-state index contributed by atoms with van der Waals surface area (Å²) in [6.45, 7) is 15.0. The fourth-order valence-electron chi connectivity index (χ4n) is 9.77. The number of aliphatic hydroxyl groups is 2. The first-order valence-corrected chi connectivity index (χ1v) is 18.8. The van der Waals surface area contributed by atoms with Crippen molar-refractivity contribution in [3.63, 3.8) is 0 Å². The maximum Gasteiger partial charge on any atom is 0.407 e. The minimum absolute atomic E-state index is 0.0931. The van der Waals surface area contributed by atoms with Crippen LogP contribution in [0, 0.1) is 16.7 Å². The zero-order chi connectivity index (χ0) is 41.1. The second kappa shape index (κ2) is 15.1. The average molecular weight is 792 g/mol. The van der Waals surface area contributed by atoms with Crippen LogP contribution in [0.4, 0.5) is 13.6 Å². The lowest BCUT2D eigenvalue weighted by Gasteiger charge is -2.68. The van der Waals surface area contributed by atoms with Crippen LogP contribution in [0.5, 0.6) is 0 Å². The maximum absolute atomic E-state index is 14.2. The number of carbonyl (C=O) groups is 4. The fraction of sp³-hybridized carbons (Fsp3) is 0.650. The zero-order valence-corrected chi connectivity index (χ0v) is 32.5. The van der Waals surface area contributed by atoms with Gasteiger partial charge in [0.15, 0.2) is 18.0 Å². The van der Waals surface area contributed by atoms with Gasteiger partial charge in [-0.2, -0.15) is 0 Å². The van der Waals surface area contributed by atoms with Gasteiger partial charge in [0, 0.05) is 24.2 Å². The van der Waals surface area contributed by atoms with E-state index in [2.05, 4.69) is 6.58 Å². The SMILES string of the molecule is C=C[C@@H]1O[C@@H]2C3=C(C)[C@@H](OC(=O)[C@H](O)[C@@H](NC(=O)OC(C)C)C(F)F)C[C@@](O)([C@@H](OC(=O)c4ccccc4)[C@H]4[C@@](C)(CC[C@H]5OC[C@]54OC(C)=O)[C@@H]2O1)C3(C)C. The normalized spacial score (nSPS) is 36.6. The maximum atomic E-state index is 14.2. The second-order valence-electron chi connectivity index (χ2n) is 16.5. The van der Waals surface area contributed by atoms with Gasteiger partial charge in [-0.15, -0.1) is 0 Å². The summed E-state index contributed by atoms with van der Waals surface area (Å²) in [5.74, 6) is -3.99. The summed E-state index contributed by atoms with van der Waals surface area (Å²) in [6.07, 6.45) is -12.5. The predicted octanol–water partition coefficient (Wildman–Crippen LogP) is 4.16. The van der Waals surface area contributed by atoms with Gasteiger partial charge in [-0.1, -0.05) is 45.5 Å². The highest BCUT2D eigenvalue weighted by atomic mass is 19.3. The molecule has 308 valence electrons. The molecule has 0 aromatic heterocycles. The topological polar surface area (TPSA) is 185 Å². The number of alkyl halides is 2. The Hall–Kier alpha value is -3.96. The molecule has 5 aliphatic rings. The molecule has 1 amide bonds. The lowest BCUT2D eigenvalue weighted by atomic mass is 9.45. The number of hydrogen-bond donors (Lipinski definition) is 3. The number of aliphatic hydroxyl groups excluding tert-OH is 1. The Kier molecular flexibility index (Phi) is 11.2. The first-order valence-electron chi connectivity index (χ1n) is 18.8. The van der Waals surface area contributed by atoms with Crippen LogP contribution in [0.1, 0.15) is 78.1 Å². The van der Waals surface area contributed by atoms with Crippen molar-refractivity contribution in [1.82, 2.24) is 5.32 Å². The number of alkyl carbamates (subject to hydrolysis) is 1. The van der Waals surface area contributed by atoms with E-state index in [-0.39, 0.29) is 12.2 Å². The van der Waals surface area contributed by atoms with Gasteiger partial charge in [0.05, 0.1) is 30.3 Å². The van der Waals surface area contributed by atoms with Gasteiger partial charge in [-0.25, -0.2) is 23.2 Å². The summed E-state index contributed by atoms with van der Waals surface area (Å²) >= 11 is 0. The molecule has 1 aromatic carbocycles. The van der Waals surface area contributed by atoms with Gasteiger partial charge in [0.2, 0.25) is 0 Å². The highest BCUT2D eigenvalue weighted by molar-refractivity contribution is 5.89. The van der Waals surface area contributed by atoms with E-state index in [9.17, 15) is 38.2 Å². The highest BCUT2D eigenvalue weighted by Crippen LogP contribution is 2.66. The highest BCUT2D eigenvalue weighted by Gasteiger charge is 2.77. The van der Waals surface area contributed by atoms with Crippen molar-refractivity contribution in [2.45, 2.75) is 140 Å². The number of ether oxygens (including phenoxy) is 7. The van der Waals surface area contributed by atoms with Crippen molar-refractivity contribution in [3.8, 4) is 0 Å². The average Bonchev–Trinajstić information content (AvgIpc) is 3.54. The summed E-state index contributed by atoms with van der Waals surface area (Å²) in [6, 6.07) is 5.69. The summed E-state index contributed by atoms with van der Waals surface area (Å²) in [7, 11) is 0. The molecule has 3 N–H and O–H groups in total. The minimum Gasteiger partial charge on any atom is -0.456 e. The van der Waals surface area contributed by atoms with E-state index in [0.29, 0.717) is 24.0 Å². The molecule has 14 nitrogen and oxygen atoms in total. The standard InChI is InChI=1S/C40H51F2NO13/c1-9-25-53-29-26-20(4)23(52-35(47)28(45)27(33(41)42)43-36(48)51-19(2)3)17-40(49,37(26,6)7)32(55-34(46)22-13-11-10-12-14-22)30-38(8,31(29)54-25)16-15-24-39(30,18-50-24)56-21(5)44/h9-14,19,23-25,27-33,45,49H,1,15-18H2,2-8H3,(H,43,48)/t23-,24+,25+,27+,28+,29+,30-,31+,32-,38+,39-,40+/m0/s1. The molecule has 16 heteroatoms. The number of halogens is 2. The molecular formula is C40H51F2NO13. The number of hydrogen-bond acceptors (Lipinski definition) is 13. The van der Waals surface area contributed by atoms with Crippen molar-refractivity contribution in [2.24, 2.45) is 16.7 Å². The molecule has 2 heterocycles. The van der Waals surface area contributed by atoms with Gasteiger partial charge < -0.3 is 48.7 Å². The number of nitrogens with one attached hydrogen (secondary N) is 1. The molecule has 2 saturated carbocycles. The number of rotatable bonds is 10. The molecule has 0 spiro atoms. The molecule has 56 heavy (non-hydrogen) atoms. The number of fused-ring (bicyclic) bond motifs is 8. The lowest BCUT2D eigenvalue weighted by molar-refractivity contribution is -0.345. The summed E-state index contributed by atoms with van der Waals surface area (Å²) in [4.78, 5) is 53.0. The van der Waals surface area contributed by atoms with E-state index in [0.717, 1.165) is 0 Å². The molecular weight excluding hydrogens is 740 g/mol. The van der Waals surface area contributed by atoms with Crippen molar-refractivity contribution < 1.29 is 71.3 Å². The Bertz CT molecular complexity index is 1750. The molecule has 2 aliphatic heterocycles. The monoisotopic (exact) mass is 791 g/mol. The molecule has 2 bridgehead atoms. The third-order valence-electron chi connectivity index (χ3n) is 12.5. The summed E-state index contributed by atoms with van der Waals surface area (Å²) in [5, 5.41) is 26.3. The Morgan fingerprint density at radius 2 is 1.75 bits per heavy atom. The van der Waals surface area contributed by atoms with Crippen LogP contribution in [0.25, 0.3) is 0 Å². The molecule has 12 atom stereocenters. The van der Waals surface area contributed by atoms with Crippen molar-refractivity contribution in [1.29, 1.82) is 0 Å². The first-order chi connectivity index (χ1) is 26.2. The molecule has 0 unspecified atom stereocenters. The molecule has 6 rings (SSSR count). The third-order valence-corrected chi connectivity index (χ3v) is 12.5. The van der Waals surface area contributed by atoms with Crippen molar-refractivity contribution in [2.75, 3.05) is 6.61 Å². The molecule has 3 aliphatic carbocycles. The van der Waals surface area contributed by atoms with Crippen LogP contribution in [0.3, 0.4) is 0 Å². The van der Waals surface area contributed by atoms with Gasteiger partial charge in [0.25, 0.3) is 6.43 Å². The third kappa shape index (κ3) is 6.80. The number of carbonyl (C=O) groups excluding carboxylic acids is 4. The number of benzene rings is 1. The van der Waals surface area contributed by atoms with Crippen molar-refractivity contribution in [3.05, 3.63) is 59.7 Å². The zero-order valence-electron chi connectivity index (χ0n) is 32.5. The number of amides is 1.